The number of thioether (sulfide) groups is 1. The molecule has 0 fully saturated rings. The van der Waals surface area contributed by atoms with Crippen LogP contribution >= 0.6 is 11.8 Å². The minimum Gasteiger partial charge on any atom is -0.411 e. The van der Waals surface area contributed by atoms with Gasteiger partial charge in [-0.25, -0.2) is 0 Å². The Kier molecular flexibility index (Phi) is 3.40. The third-order valence-corrected chi connectivity index (χ3v) is 2.16. The minimum atomic E-state index is -4.33. The summed E-state index contributed by atoms with van der Waals surface area (Å²) >= 11 is -0.235. The fraction of sp³-hybridized carbons (Fsp3) is 0.125. The van der Waals surface area contributed by atoms with Gasteiger partial charge in [-0.15, -0.1) is 0 Å². The van der Waals surface area contributed by atoms with Gasteiger partial charge in [0.25, 0.3) is 0 Å². The molecule has 1 aromatic carbocycles. The predicted octanol–water partition coefficient (Wildman–Crippen LogP) is 3.11. The maximum absolute atomic E-state index is 12.0. The van der Waals surface area contributed by atoms with Crippen molar-refractivity contribution in [2.75, 3.05) is 0 Å². The van der Waals surface area contributed by atoms with Crippen molar-refractivity contribution >= 4 is 18.0 Å². The van der Waals surface area contributed by atoms with Crippen LogP contribution < -0.4 is 0 Å². The normalized spacial score (nSPS) is 12.2. The molecule has 14 heavy (non-hydrogen) atoms. The summed E-state index contributed by atoms with van der Waals surface area (Å²) in [6.07, 6.45) is 0.966. The van der Waals surface area contributed by atoms with Gasteiger partial charge in [0, 0.05) is 10.5 Å². The molecule has 0 atom stereocenters. The van der Waals surface area contributed by atoms with E-state index >= 15 is 0 Å². The second-order valence-corrected chi connectivity index (χ2v) is 3.44. The van der Waals surface area contributed by atoms with Crippen LogP contribution in [0.25, 0.3) is 0 Å². The average Bonchev–Trinajstić information content (AvgIpc) is 2.06. The van der Waals surface area contributed by atoms with Crippen LogP contribution in [0.1, 0.15) is 5.56 Å². The summed E-state index contributed by atoms with van der Waals surface area (Å²) < 4.78 is 36.1. The van der Waals surface area contributed by atoms with Gasteiger partial charge in [-0.05, 0) is 17.8 Å². The summed E-state index contributed by atoms with van der Waals surface area (Å²) in [7, 11) is 0. The largest absolute Gasteiger partial charge is 0.446 e. The van der Waals surface area contributed by atoms with Gasteiger partial charge in [0.2, 0.25) is 0 Å². The van der Waals surface area contributed by atoms with Gasteiger partial charge in [0.1, 0.15) is 0 Å². The quantitative estimate of drug-likeness (QED) is 0.360. The van der Waals surface area contributed by atoms with E-state index in [-0.39, 0.29) is 22.2 Å². The number of oxime groups is 1. The number of benzene rings is 1. The third-order valence-electron chi connectivity index (χ3n) is 1.34. The van der Waals surface area contributed by atoms with Gasteiger partial charge in [0.15, 0.2) is 0 Å². The zero-order chi connectivity index (χ0) is 10.6. The number of alkyl halides is 3. The van der Waals surface area contributed by atoms with E-state index in [0.717, 1.165) is 6.21 Å². The summed E-state index contributed by atoms with van der Waals surface area (Å²) in [6, 6.07) is 5.81. The van der Waals surface area contributed by atoms with Gasteiger partial charge in [0.05, 0.1) is 6.21 Å². The first kappa shape index (κ1) is 10.9. The van der Waals surface area contributed by atoms with Gasteiger partial charge >= 0.3 is 5.51 Å². The van der Waals surface area contributed by atoms with Crippen molar-refractivity contribution in [3.63, 3.8) is 0 Å². The molecule has 1 aromatic rings. The summed E-state index contributed by atoms with van der Waals surface area (Å²) in [5.41, 5.74) is -4.10. The Morgan fingerprint density at radius 1 is 1.29 bits per heavy atom. The molecule has 0 saturated heterocycles. The highest BCUT2D eigenvalue weighted by atomic mass is 32.2. The minimum absolute atomic E-state index is 0.0119. The topological polar surface area (TPSA) is 32.6 Å². The van der Waals surface area contributed by atoms with Crippen molar-refractivity contribution < 1.29 is 18.4 Å². The van der Waals surface area contributed by atoms with Crippen molar-refractivity contribution in [3.05, 3.63) is 29.8 Å². The molecule has 6 heteroatoms. The Morgan fingerprint density at radius 3 is 2.50 bits per heavy atom. The average molecular weight is 221 g/mol. The molecule has 0 radical (unpaired) electrons. The van der Waals surface area contributed by atoms with E-state index in [2.05, 4.69) is 5.16 Å². The number of rotatable bonds is 2. The van der Waals surface area contributed by atoms with E-state index in [0.29, 0.717) is 0 Å². The zero-order valence-electron chi connectivity index (χ0n) is 6.82. The fourth-order valence-corrected chi connectivity index (χ4v) is 1.50. The number of hydrogen-bond acceptors (Lipinski definition) is 3. The molecule has 0 aliphatic rings. The lowest BCUT2D eigenvalue weighted by atomic mass is 10.2. The second kappa shape index (κ2) is 4.36. The molecule has 0 unspecified atom stereocenters. The van der Waals surface area contributed by atoms with Gasteiger partial charge in [-0.2, -0.15) is 13.2 Å². The van der Waals surface area contributed by atoms with E-state index in [1.165, 1.54) is 18.2 Å². The Labute approximate surface area is 82.4 Å². The first-order chi connectivity index (χ1) is 6.53. The molecule has 0 amide bonds. The zero-order valence-corrected chi connectivity index (χ0v) is 7.64. The van der Waals surface area contributed by atoms with Crippen LogP contribution in [0.15, 0.2) is 34.3 Å². The Morgan fingerprint density at radius 2 is 1.93 bits per heavy atom. The van der Waals surface area contributed by atoms with Crippen LogP contribution in [0.4, 0.5) is 13.2 Å². The lowest BCUT2D eigenvalue weighted by Crippen LogP contribution is -2.00. The molecule has 0 heterocycles. The molecule has 76 valence electrons. The highest BCUT2D eigenvalue weighted by molar-refractivity contribution is 8.00. The summed E-state index contributed by atoms with van der Waals surface area (Å²) in [4.78, 5) is 0.0119. The molecule has 0 saturated carbocycles. The third kappa shape index (κ3) is 3.29. The Bertz CT molecular complexity index is 338. The molecule has 0 aromatic heterocycles. The molecule has 0 aliphatic carbocycles. The Hall–Kier alpha value is -1.17. The highest BCUT2D eigenvalue weighted by Crippen LogP contribution is 2.37. The molecule has 1 rings (SSSR count). The summed E-state index contributed by atoms with van der Waals surface area (Å²) in [5.74, 6) is 0. The second-order valence-electron chi connectivity index (χ2n) is 2.33. The molecule has 0 aliphatic heterocycles. The summed E-state index contributed by atoms with van der Waals surface area (Å²) in [5, 5.41) is 10.9. The lowest BCUT2D eigenvalue weighted by molar-refractivity contribution is -0.0328. The number of halogens is 3. The fourth-order valence-electron chi connectivity index (χ4n) is 0.867. The highest BCUT2D eigenvalue weighted by Gasteiger charge is 2.29. The van der Waals surface area contributed by atoms with Crippen LogP contribution in [0.2, 0.25) is 0 Å². The molecular formula is C8H6F3NOS. The van der Waals surface area contributed by atoms with E-state index < -0.39 is 5.51 Å². The number of hydrogen-bond donors (Lipinski definition) is 1. The monoisotopic (exact) mass is 221 g/mol. The standard InChI is InChI=1S/C8H6F3NOS/c9-8(10,11)14-7-4-2-1-3-6(7)5-12-13/h1-5,13H/b12-5+. The van der Waals surface area contributed by atoms with E-state index in [1.54, 1.807) is 6.07 Å². The maximum atomic E-state index is 12.0. The van der Waals surface area contributed by atoms with Crippen molar-refractivity contribution in [3.8, 4) is 0 Å². The lowest BCUT2D eigenvalue weighted by Gasteiger charge is -2.07. The molecule has 2 nitrogen and oxygen atoms in total. The molecule has 1 N–H and O–H groups in total. The predicted molar refractivity (Wildman–Crippen MR) is 47.7 cm³/mol. The van der Waals surface area contributed by atoms with Gasteiger partial charge in [-0.1, -0.05) is 23.4 Å². The first-order valence-corrected chi connectivity index (χ1v) is 4.37. The van der Waals surface area contributed by atoms with Gasteiger partial charge in [-0.3, -0.25) is 0 Å². The van der Waals surface area contributed by atoms with Crippen molar-refractivity contribution in [1.29, 1.82) is 0 Å². The van der Waals surface area contributed by atoms with Crippen LogP contribution in [-0.2, 0) is 0 Å². The van der Waals surface area contributed by atoms with Crippen molar-refractivity contribution in [2.45, 2.75) is 10.4 Å². The maximum Gasteiger partial charge on any atom is 0.446 e. The van der Waals surface area contributed by atoms with E-state index in [4.69, 9.17) is 5.21 Å². The van der Waals surface area contributed by atoms with Gasteiger partial charge < -0.3 is 5.21 Å². The van der Waals surface area contributed by atoms with Crippen LogP contribution in [0.3, 0.4) is 0 Å². The van der Waals surface area contributed by atoms with Crippen LogP contribution in [0.5, 0.6) is 0 Å². The molecule has 0 bridgehead atoms. The smallest absolute Gasteiger partial charge is 0.411 e. The molecular weight excluding hydrogens is 215 g/mol. The van der Waals surface area contributed by atoms with E-state index in [9.17, 15) is 13.2 Å². The SMILES string of the molecule is O/N=C/c1ccccc1SC(F)(F)F. The van der Waals surface area contributed by atoms with Crippen LogP contribution in [-0.4, -0.2) is 16.9 Å². The van der Waals surface area contributed by atoms with Crippen LogP contribution in [0, 0.1) is 0 Å². The Balaban J connectivity index is 2.96. The van der Waals surface area contributed by atoms with Crippen molar-refractivity contribution in [2.24, 2.45) is 5.16 Å². The van der Waals surface area contributed by atoms with E-state index in [1.807, 2.05) is 0 Å². The molecule has 0 spiro atoms. The summed E-state index contributed by atoms with van der Waals surface area (Å²) in [6.45, 7) is 0. The first-order valence-electron chi connectivity index (χ1n) is 3.55. The number of nitrogens with zero attached hydrogens (tertiary/aromatic N) is 1. The van der Waals surface area contributed by atoms with Crippen molar-refractivity contribution in [1.82, 2.24) is 0 Å².